The Morgan fingerprint density at radius 2 is 1.70 bits per heavy atom. The second-order valence-electron chi connectivity index (χ2n) is 10.3. The molecule has 1 amide bonds. The van der Waals surface area contributed by atoms with Crippen molar-refractivity contribution in [2.45, 2.75) is 59.5 Å². The molecule has 0 aliphatic carbocycles. The number of carbonyl (C=O) groups excluding carboxylic acids is 1. The van der Waals surface area contributed by atoms with E-state index < -0.39 is 6.04 Å². The molecule has 40 heavy (non-hydrogen) atoms. The van der Waals surface area contributed by atoms with Crippen molar-refractivity contribution in [3.8, 4) is 11.5 Å². The second kappa shape index (κ2) is 11.5. The molecule has 3 aromatic carbocycles. The Kier molecular flexibility index (Phi) is 7.92. The van der Waals surface area contributed by atoms with Crippen LogP contribution in [0.5, 0.6) is 11.5 Å². The van der Waals surface area contributed by atoms with Gasteiger partial charge in [0.1, 0.15) is 11.4 Å². The van der Waals surface area contributed by atoms with Gasteiger partial charge in [-0.1, -0.05) is 44.0 Å². The predicted molar refractivity (Wildman–Crippen MR) is 153 cm³/mol. The fourth-order valence-corrected chi connectivity index (χ4v) is 5.39. The number of hydrogen-bond donors (Lipinski definition) is 0. The Morgan fingerprint density at radius 1 is 0.925 bits per heavy atom. The Hall–Kier alpha value is -4.13. The van der Waals surface area contributed by atoms with Gasteiger partial charge in [-0.3, -0.25) is 9.59 Å². The largest absolute Gasteiger partial charge is 0.490 e. The minimum absolute atomic E-state index is 0.0365. The van der Waals surface area contributed by atoms with E-state index in [1.165, 1.54) is 12.1 Å². The molecule has 4 aromatic rings. The number of hydrogen-bond acceptors (Lipinski definition) is 5. The van der Waals surface area contributed by atoms with Crippen molar-refractivity contribution in [1.82, 2.24) is 4.90 Å². The zero-order chi connectivity index (χ0) is 28.4. The third-order valence-electron chi connectivity index (χ3n) is 7.25. The van der Waals surface area contributed by atoms with Crippen molar-refractivity contribution in [3.63, 3.8) is 0 Å². The molecule has 1 aliphatic rings. The van der Waals surface area contributed by atoms with Crippen LogP contribution in [-0.4, -0.2) is 24.0 Å². The number of halogens is 1. The van der Waals surface area contributed by atoms with Gasteiger partial charge in [-0.05, 0) is 79.8 Å². The molecule has 6 nitrogen and oxygen atoms in total. The van der Waals surface area contributed by atoms with Crippen LogP contribution in [0.2, 0.25) is 0 Å². The van der Waals surface area contributed by atoms with Crippen LogP contribution in [0.25, 0.3) is 11.0 Å². The predicted octanol–water partition coefficient (Wildman–Crippen LogP) is 7.26. The van der Waals surface area contributed by atoms with Crippen molar-refractivity contribution in [1.29, 1.82) is 0 Å². The Labute approximate surface area is 233 Å². The minimum Gasteiger partial charge on any atom is -0.490 e. The molecule has 0 saturated carbocycles. The standard InChI is InChI=1S/C33H34FNO5/c1-5-7-8-15-39-26-14-11-23(18-27(26)38-6-2)29-28-30(36)25-17-20(3)16-21(4)31(25)40-32(28)33(37)35(29)19-22-9-12-24(34)13-10-22/h9-14,16-18,29H,5-8,15,19H2,1-4H3. The maximum absolute atomic E-state index is 14.0. The van der Waals surface area contributed by atoms with Gasteiger partial charge in [0, 0.05) is 6.54 Å². The summed E-state index contributed by atoms with van der Waals surface area (Å²) in [5.74, 6) is 0.459. The van der Waals surface area contributed by atoms with Gasteiger partial charge in [-0.25, -0.2) is 4.39 Å². The Bertz CT molecular complexity index is 1610. The molecule has 1 atom stereocenters. The number of fused-ring (bicyclic) bond motifs is 2. The summed E-state index contributed by atoms with van der Waals surface area (Å²) in [5.41, 5.74) is 3.64. The van der Waals surface area contributed by atoms with E-state index in [4.69, 9.17) is 13.9 Å². The quantitative estimate of drug-likeness (QED) is 0.197. The van der Waals surface area contributed by atoms with Crippen LogP contribution in [-0.2, 0) is 6.54 Å². The number of aryl methyl sites for hydroxylation is 2. The first-order valence-electron chi connectivity index (χ1n) is 13.8. The lowest BCUT2D eigenvalue weighted by Crippen LogP contribution is -2.29. The molecule has 7 heteroatoms. The van der Waals surface area contributed by atoms with E-state index in [1.807, 2.05) is 45.0 Å². The maximum Gasteiger partial charge on any atom is 0.291 e. The van der Waals surface area contributed by atoms with Crippen LogP contribution in [0.3, 0.4) is 0 Å². The van der Waals surface area contributed by atoms with Gasteiger partial charge in [0.15, 0.2) is 16.9 Å². The van der Waals surface area contributed by atoms with Crippen molar-refractivity contribution < 1.29 is 23.1 Å². The summed E-state index contributed by atoms with van der Waals surface area (Å²) in [6.45, 7) is 9.00. The molecule has 1 aromatic heterocycles. The third-order valence-corrected chi connectivity index (χ3v) is 7.25. The van der Waals surface area contributed by atoms with Crippen LogP contribution in [0.15, 0.2) is 63.8 Å². The average Bonchev–Trinajstić information content (AvgIpc) is 3.21. The lowest BCUT2D eigenvalue weighted by Gasteiger charge is -2.26. The number of benzene rings is 3. The van der Waals surface area contributed by atoms with Gasteiger partial charge in [0.25, 0.3) is 5.91 Å². The average molecular weight is 544 g/mol. The van der Waals surface area contributed by atoms with E-state index in [-0.39, 0.29) is 29.5 Å². The van der Waals surface area contributed by atoms with Crippen molar-refractivity contribution >= 4 is 16.9 Å². The summed E-state index contributed by atoms with van der Waals surface area (Å²) in [6, 6.07) is 14.6. The molecule has 2 heterocycles. The molecule has 0 saturated heterocycles. The smallest absolute Gasteiger partial charge is 0.291 e. The summed E-state index contributed by atoms with van der Waals surface area (Å²) in [6.07, 6.45) is 3.10. The lowest BCUT2D eigenvalue weighted by molar-refractivity contribution is 0.0714. The van der Waals surface area contributed by atoms with Crippen LogP contribution in [0.4, 0.5) is 4.39 Å². The number of unbranched alkanes of at least 4 members (excludes halogenated alkanes) is 2. The fraction of sp³-hybridized carbons (Fsp3) is 0.333. The van der Waals surface area contributed by atoms with Gasteiger partial charge < -0.3 is 18.8 Å². The number of rotatable bonds is 10. The first-order chi connectivity index (χ1) is 19.3. The van der Waals surface area contributed by atoms with Crippen molar-refractivity contribution in [2.24, 2.45) is 0 Å². The maximum atomic E-state index is 14.0. The van der Waals surface area contributed by atoms with E-state index in [2.05, 4.69) is 6.92 Å². The molecule has 5 rings (SSSR count). The van der Waals surface area contributed by atoms with E-state index in [9.17, 15) is 14.0 Å². The highest BCUT2D eigenvalue weighted by molar-refractivity contribution is 5.99. The van der Waals surface area contributed by atoms with Crippen molar-refractivity contribution in [2.75, 3.05) is 13.2 Å². The van der Waals surface area contributed by atoms with Gasteiger partial charge in [0.05, 0.1) is 30.2 Å². The summed E-state index contributed by atoms with van der Waals surface area (Å²) in [4.78, 5) is 29.5. The van der Waals surface area contributed by atoms with E-state index in [1.54, 1.807) is 23.1 Å². The summed E-state index contributed by atoms with van der Waals surface area (Å²) in [5, 5.41) is 0.443. The van der Waals surface area contributed by atoms with E-state index in [0.717, 1.165) is 36.0 Å². The van der Waals surface area contributed by atoms with Crippen molar-refractivity contribution in [3.05, 3.63) is 104 Å². The van der Waals surface area contributed by atoms with E-state index in [0.29, 0.717) is 46.8 Å². The van der Waals surface area contributed by atoms with Crippen LogP contribution in [0.1, 0.15) is 77.5 Å². The Morgan fingerprint density at radius 3 is 2.42 bits per heavy atom. The third kappa shape index (κ3) is 5.20. The first kappa shape index (κ1) is 27.4. The Balaban J connectivity index is 1.65. The van der Waals surface area contributed by atoms with Crippen LogP contribution in [0, 0.1) is 19.7 Å². The summed E-state index contributed by atoms with van der Waals surface area (Å²) >= 11 is 0. The van der Waals surface area contributed by atoms with E-state index >= 15 is 0 Å². The monoisotopic (exact) mass is 543 g/mol. The highest BCUT2D eigenvalue weighted by Crippen LogP contribution is 2.42. The molecule has 0 spiro atoms. The number of amides is 1. The SMILES string of the molecule is CCCCCOc1ccc(C2c3c(oc4c(C)cc(C)cc4c3=O)C(=O)N2Cc2ccc(F)cc2)cc1OCC. The fourth-order valence-electron chi connectivity index (χ4n) is 5.39. The molecular weight excluding hydrogens is 509 g/mol. The molecule has 1 aliphatic heterocycles. The first-order valence-corrected chi connectivity index (χ1v) is 13.8. The van der Waals surface area contributed by atoms with Gasteiger partial charge in [0.2, 0.25) is 5.76 Å². The summed E-state index contributed by atoms with van der Waals surface area (Å²) < 4.78 is 31.8. The normalized spacial score (nSPS) is 14.6. The molecule has 0 fully saturated rings. The number of nitrogens with zero attached hydrogens (tertiary/aromatic N) is 1. The molecule has 0 N–H and O–H groups in total. The summed E-state index contributed by atoms with van der Waals surface area (Å²) in [7, 11) is 0. The van der Waals surface area contributed by atoms with Gasteiger partial charge >= 0.3 is 0 Å². The number of carbonyl (C=O) groups is 1. The van der Waals surface area contributed by atoms with Crippen LogP contribution >= 0.6 is 0 Å². The highest BCUT2D eigenvalue weighted by Gasteiger charge is 2.43. The molecule has 1 unspecified atom stereocenters. The number of ether oxygens (including phenoxy) is 2. The lowest BCUT2D eigenvalue weighted by atomic mass is 9.96. The molecule has 208 valence electrons. The van der Waals surface area contributed by atoms with Crippen LogP contribution < -0.4 is 14.9 Å². The minimum atomic E-state index is -0.720. The zero-order valence-electron chi connectivity index (χ0n) is 23.4. The van der Waals surface area contributed by atoms with Gasteiger partial charge in [-0.15, -0.1) is 0 Å². The molecular formula is C33H34FNO5. The molecule has 0 bridgehead atoms. The van der Waals surface area contributed by atoms with Gasteiger partial charge in [-0.2, -0.15) is 0 Å². The zero-order valence-corrected chi connectivity index (χ0v) is 23.4. The topological polar surface area (TPSA) is 69.0 Å². The second-order valence-corrected chi connectivity index (χ2v) is 10.3. The molecule has 0 radical (unpaired) electrons. The highest BCUT2D eigenvalue weighted by atomic mass is 19.1.